The van der Waals surface area contributed by atoms with E-state index in [4.69, 9.17) is 4.42 Å². The summed E-state index contributed by atoms with van der Waals surface area (Å²) >= 11 is 0. The number of hydrogen-bond acceptors (Lipinski definition) is 6. The van der Waals surface area contributed by atoms with E-state index < -0.39 is 0 Å². The lowest BCUT2D eigenvalue weighted by Gasteiger charge is -2.31. The summed E-state index contributed by atoms with van der Waals surface area (Å²) < 4.78 is 5.99. The average Bonchev–Trinajstić information content (AvgIpc) is 3.10. The number of hydrogen-bond donors (Lipinski definition) is 1. The summed E-state index contributed by atoms with van der Waals surface area (Å²) in [5, 5.41) is 4.34. The molecule has 1 N–H and O–H groups in total. The fourth-order valence-corrected chi connectivity index (χ4v) is 3.81. The van der Waals surface area contributed by atoms with E-state index >= 15 is 0 Å². The van der Waals surface area contributed by atoms with Crippen molar-refractivity contribution in [1.82, 2.24) is 20.2 Å². The van der Waals surface area contributed by atoms with Crippen LogP contribution in [0.25, 0.3) is 0 Å². The summed E-state index contributed by atoms with van der Waals surface area (Å²) in [7, 11) is 2.06. The number of likely N-dealkylation sites (N-methyl/N-ethyl adjacent to an activating group) is 1. The van der Waals surface area contributed by atoms with Crippen molar-refractivity contribution >= 4 is 17.5 Å². The lowest BCUT2D eigenvalue weighted by molar-refractivity contribution is 0.0629. The molecule has 0 aromatic carbocycles. The van der Waals surface area contributed by atoms with Gasteiger partial charge in [-0.05, 0) is 38.9 Å². The Bertz CT molecular complexity index is 943. The van der Waals surface area contributed by atoms with Gasteiger partial charge in [0.15, 0.2) is 5.76 Å². The molecule has 152 valence electrons. The van der Waals surface area contributed by atoms with Gasteiger partial charge in [0, 0.05) is 49.9 Å². The third kappa shape index (κ3) is 3.93. The predicted octanol–water partition coefficient (Wildman–Crippen LogP) is 1.84. The number of furan rings is 1. The van der Waals surface area contributed by atoms with Gasteiger partial charge in [-0.2, -0.15) is 5.10 Å². The first kappa shape index (κ1) is 19.3. The fraction of sp³-hybridized carbons (Fsp3) is 0.429. The van der Waals surface area contributed by atoms with Crippen molar-refractivity contribution < 1.29 is 14.0 Å². The monoisotopic (exact) mass is 395 g/mol. The Morgan fingerprint density at radius 2 is 1.97 bits per heavy atom. The molecule has 4 rings (SSSR count). The molecule has 2 amide bonds. The minimum absolute atomic E-state index is 0.0677. The summed E-state index contributed by atoms with van der Waals surface area (Å²) in [6.07, 6.45) is 3.91. The van der Waals surface area contributed by atoms with Crippen LogP contribution in [0.4, 0.5) is 0 Å². The lowest BCUT2D eigenvalue weighted by Crippen LogP contribution is -2.47. The smallest absolute Gasteiger partial charge is 0.289 e. The van der Waals surface area contributed by atoms with Gasteiger partial charge >= 0.3 is 0 Å². The maximum absolute atomic E-state index is 13.0. The summed E-state index contributed by atoms with van der Waals surface area (Å²) in [5.41, 5.74) is 5.30. The van der Waals surface area contributed by atoms with Crippen molar-refractivity contribution in [1.29, 1.82) is 0 Å². The summed E-state index contributed by atoms with van der Waals surface area (Å²) in [4.78, 5) is 33.3. The summed E-state index contributed by atoms with van der Waals surface area (Å²) in [6, 6.07) is 5.14. The summed E-state index contributed by atoms with van der Waals surface area (Å²) in [6.45, 7) is 5.00. The van der Waals surface area contributed by atoms with Crippen LogP contribution in [-0.4, -0.2) is 65.5 Å². The highest BCUT2D eigenvalue weighted by Gasteiger charge is 2.31. The van der Waals surface area contributed by atoms with Crippen LogP contribution in [0.3, 0.4) is 0 Å². The third-order valence-corrected chi connectivity index (χ3v) is 5.50. The van der Waals surface area contributed by atoms with Crippen molar-refractivity contribution in [2.45, 2.75) is 26.2 Å². The van der Waals surface area contributed by atoms with Crippen LogP contribution >= 0.6 is 0 Å². The summed E-state index contributed by atoms with van der Waals surface area (Å²) in [5.74, 6) is 0.740. The quantitative estimate of drug-likeness (QED) is 0.801. The topological polar surface area (TPSA) is 91.0 Å². The Morgan fingerprint density at radius 1 is 1.17 bits per heavy atom. The Morgan fingerprint density at radius 3 is 2.69 bits per heavy atom. The number of carbonyl (C=O) groups excluding carboxylic acids is 2. The van der Waals surface area contributed by atoms with E-state index in [2.05, 4.69) is 27.5 Å². The zero-order valence-corrected chi connectivity index (χ0v) is 16.8. The zero-order valence-electron chi connectivity index (χ0n) is 16.8. The number of fused-ring (bicyclic) bond motifs is 1. The molecule has 2 aliphatic rings. The first-order chi connectivity index (χ1) is 14.0. The van der Waals surface area contributed by atoms with Gasteiger partial charge < -0.3 is 14.2 Å². The zero-order chi connectivity index (χ0) is 20.4. The second-order valence-corrected chi connectivity index (χ2v) is 7.52. The van der Waals surface area contributed by atoms with E-state index in [1.165, 1.54) is 0 Å². The van der Waals surface area contributed by atoms with Crippen LogP contribution in [0.5, 0.6) is 0 Å². The molecule has 0 atom stereocenters. The number of hydrazone groups is 1. The molecule has 1 fully saturated rings. The number of aromatic nitrogens is 1. The molecule has 2 aromatic heterocycles. The minimum Gasteiger partial charge on any atom is -0.455 e. The number of aryl methyl sites for hydroxylation is 1. The molecule has 0 saturated carbocycles. The molecule has 29 heavy (non-hydrogen) atoms. The molecule has 1 saturated heterocycles. The maximum Gasteiger partial charge on any atom is 0.289 e. The van der Waals surface area contributed by atoms with E-state index in [1.807, 2.05) is 11.8 Å². The molecule has 2 aromatic rings. The van der Waals surface area contributed by atoms with E-state index in [0.717, 1.165) is 55.0 Å². The number of amides is 2. The van der Waals surface area contributed by atoms with Gasteiger partial charge in [-0.25, -0.2) is 5.43 Å². The van der Waals surface area contributed by atoms with Crippen LogP contribution in [-0.2, 0) is 6.42 Å². The van der Waals surface area contributed by atoms with Crippen molar-refractivity contribution in [3.63, 3.8) is 0 Å². The Balaban J connectivity index is 1.56. The molecule has 0 radical (unpaired) electrons. The Kier molecular flexibility index (Phi) is 5.44. The van der Waals surface area contributed by atoms with E-state index in [9.17, 15) is 9.59 Å². The first-order valence-electron chi connectivity index (χ1n) is 9.93. The highest BCUT2D eigenvalue weighted by Crippen LogP contribution is 2.30. The molecule has 8 nitrogen and oxygen atoms in total. The van der Waals surface area contributed by atoms with Crippen LogP contribution in [0.2, 0.25) is 0 Å². The largest absolute Gasteiger partial charge is 0.455 e. The van der Waals surface area contributed by atoms with Crippen LogP contribution in [0, 0.1) is 6.92 Å². The number of carbonyl (C=O) groups is 2. The third-order valence-electron chi connectivity index (χ3n) is 5.50. The Hall–Kier alpha value is -3.00. The molecule has 1 aliphatic heterocycles. The second kappa shape index (κ2) is 8.16. The first-order valence-corrected chi connectivity index (χ1v) is 9.93. The molecule has 8 heteroatoms. The molecule has 3 heterocycles. The van der Waals surface area contributed by atoms with Crippen molar-refractivity contribution in [3.05, 3.63) is 52.7 Å². The molecular weight excluding hydrogens is 370 g/mol. The van der Waals surface area contributed by atoms with E-state index in [-0.39, 0.29) is 11.8 Å². The number of piperazine rings is 1. The van der Waals surface area contributed by atoms with Gasteiger partial charge in [0.2, 0.25) is 0 Å². The fourth-order valence-electron chi connectivity index (χ4n) is 3.81. The van der Waals surface area contributed by atoms with Crippen molar-refractivity contribution in [3.8, 4) is 0 Å². The van der Waals surface area contributed by atoms with Gasteiger partial charge in [0.1, 0.15) is 11.5 Å². The number of nitrogens with one attached hydrogen (secondary N) is 1. The Labute approximate surface area is 169 Å². The number of nitrogens with zero attached hydrogens (tertiary/aromatic N) is 4. The number of pyridine rings is 1. The van der Waals surface area contributed by atoms with Gasteiger partial charge in [-0.1, -0.05) is 6.07 Å². The van der Waals surface area contributed by atoms with Crippen LogP contribution in [0.1, 0.15) is 50.8 Å². The maximum atomic E-state index is 13.0. The van der Waals surface area contributed by atoms with Gasteiger partial charge in [-0.15, -0.1) is 0 Å². The van der Waals surface area contributed by atoms with Gasteiger partial charge in [-0.3, -0.25) is 14.6 Å². The van der Waals surface area contributed by atoms with Gasteiger partial charge in [0.25, 0.3) is 11.8 Å². The van der Waals surface area contributed by atoms with Crippen LogP contribution < -0.4 is 5.43 Å². The average molecular weight is 395 g/mol. The molecular formula is C21H25N5O3. The predicted molar refractivity (Wildman–Crippen MR) is 108 cm³/mol. The van der Waals surface area contributed by atoms with E-state index in [1.54, 1.807) is 24.4 Å². The number of rotatable bonds is 3. The highest BCUT2D eigenvalue weighted by molar-refractivity contribution is 6.07. The SMILES string of the molecule is Cc1c(C(=O)N2CCN(C)CC2)oc2c1/C(=N/NC(=O)c1ccccn1)CCC2. The molecule has 0 spiro atoms. The normalized spacial score (nSPS) is 18.6. The van der Waals surface area contributed by atoms with Crippen molar-refractivity contribution in [2.24, 2.45) is 5.10 Å². The van der Waals surface area contributed by atoms with E-state index in [0.29, 0.717) is 24.5 Å². The lowest BCUT2D eigenvalue weighted by atomic mass is 9.93. The van der Waals surface area contributed by atoms with Crippen LogP contribution in [0.15, 0.2) is 33.9 Å². The van der Waals surface area contributed by atoms with Crippen molar-refractivity contribution in [2.75, 3.05) is 33.2 Å². The standard InChI is InChI=1S/C21H25N5O3/c1-14-18-15(23-24-20(27)16-6-3-4-9-22-16)7-5-8-17(18)29-19(14)21(28)26-12-10-25(2)11-13-26/h3-4,6,9H,5,7-8,10-13H2,1-2H3,(H,24,27)/b23-15+. The van der Waals surface area contributed by atoms with Gasteiger partial charge in [0.05, 0.1) is 5.71 Å². The molecule has 0 bridgehead atoms. The molecule has 0 unspecified atom stereocenters. The highest BCUT2D eigenvalue weighted by atomic mass is 16.4. The minimum atomic E-state index is -0.361. The second-order valence-electron chi connectivity index (χ2n) is 7.52. The molecule has 1 aliphatic carbocycles.